The highest BCUT2D eigenvalue weighted by molar-refractivity contribution is 8.76. The molecule has 0 spiro atoms. The number of aliphatic carboxylic acids is 1. The van der Waals surface area contributed by atoms with E-state index < -0.39 is 5.97 Å². The van der Waals surface area contributed by atoms with Gasteiger partial charge in [-0.15, -0.1) is 11.3 Å². The Bertz CT molecular complexity index is 1000. The topological polar surface area (TPSA) is 85.7 Å². The van der Waals surface area contributed by atoms with Crippen LogP contribution in [0, 0.1) is 0 Å². The second-order valence-electron chi connectivity index (χ2n) is 6.57. The quantitative estimate of drug-likeness (QED) is 0.149. The van der Waals surface area contributed by atoms with Crippen LogP contribution >= 0.6 is 32.9 Å². The number of carbonyl (C=O) groups is 2. The molecule has 3 rings (SSSR count). The van der Waals surface area contributed by atoms with Crippen molar-refractivity contribution in [3.05, 3.63) is 42.5 Å². The monoisotopic (exact) mass is 477 g/mol. The molecule has 1 aromatic heterocycles. The summed E-state index contributed by atoms with van der Waals surface area (Å²) in [5.74, 6) is 1.69. The van der Waals surface area contributed by atoms with E-state index in [9.17, 15) is 9.59 Å². The molecule has 0 bridgehead atoms. The molecule has 0 radical (unpaired) electrons. The highest BCUT2D eigenvalue weighted by Gasteiger charge is 2.16. The minimum absolute atomic E-state index is 0.193. The zero-order valence-corrected chi connectivity index (χ0v) is 19.5. The Hall–Kier alpha value is -2.23. The summed E-state index contributed by atoms with van der Waals surface area (Å²) < 4.78 is 12.1. The molecular formula is C22H23NO5S3. The molecule has 0 unspecified atom stereocenters. The molecule has 1 N–H and O–H groups in total. The average Bonchev–Trinajstić information content (AvgIpc) is 3.19. The molecule has 164 valence electrons. The van der Waals surface area contributed by atoms with Crippen molar-refractivity contribution in [1.29, 1.82) is 0 Å². The lowest BCUT2D eigenvalue weighted by molar-refractivity contribution is -0.137. The van der Waals surface area contributed by atoms with Crippen molar-refractivity contribution in [2.45, 2.75) is 25.7 Å². The number of benzene rings is 2. The van der Waals surface area contributed by atoms with Crippen molar-refractivity contribution in [1.82, 2.24) is 4.98 Å². The predicted molar refractivity (Wildman–Crippen MR) is 128 cm³/mol. The van der Waals surface area contributed by atoms with Crippen LogP contribution in [0.1, 0.15) is 25.7 Å². The van der Waals surface area contributed by atoms with Crippen molar-refractivity contribution in [2.75, 3.05) is 18.6 Å². The predicted octanol–water partition coefficient (Wildman–Crippen LogP) is 5.90. The standard InChI is InChI=1S/C22H23NO5S3/c1-27-15-10-11-18(16(14-15)22-23-17-6-2-3-7-19(17)31-22)28-21(26)9-5-13-30-29-12-4-8-20(24)25/h2-3,6-7,10-11,14H,4-5,8-9,12-13H2,1H3,(H,24,25). The first-order chi connectivity index (χ1) is 15.1. The molecule has 0 aliphatic carbocycles. The van der Waals surface area contributed by atoms with Crippen molar-refractivity contribution in [3.8, 4) is 22.1 Å². The number of aromatic nitrogens is 1. The number of hydrogen-bond acceptors (Lipinski definition) is 8. The molecule has 0 saturated heterocycles. The number of para-hydroxylation sites is 1. The van der Waals surface area contributed by atoms with E-state index in [4.69, 9.17) is 14.6 Å². The number of esters is 1. The molecule has 0 fully saturated rings. The van der Waals surface area contributed by atoms with Gasteiger partial charge in [-0.05, 0) is 43.2 Å². The molecular weight excluding hydrogens is 454 g/mol. The second kappa shape index (κ2) is 12.0. The van der Waals surface area contributed by atoms with Gasteiger partial charge in [-0.1, -0.05) is 33.7 Å². The zero-order chi connectivity index (χ0) is 22.1. The van der Waals surface area contributed by atoms with Crippen LogP contribution in [0.2, 0.25) is 0 Å². The fraction of sp³-hybridized carbons (Fsp3) is 0.318. The molecule has 0 amide bonds. The summed E-state index contributed by atoms with van der Waals surface area (Å²) in [6.45, 7) is 0. The third kappa shape index (κ3) is 7.15. The van der Waals surface area contributed by atoms with Gasteiger partial charge in [0.15, 0.2) is 0 Å². The minimum atomic E-state index is -0.767. The van der Waals surface area contributed by atoms with Crippen LogP contribution < -0.4 is 9.47 Å². The van der Waals surface area contributed by atoms with Crippen LogP contribution in [0.4, 0.5) is 0 Å². The Morgan fingerprint density at radius 2 is 1.81 bits per heavy atom. The third-order valence-corrected chi connectivity index (χ3v) is 7.89. The van der Waals surface area contributed by atoms with Gasteiger partial charge >= 0.3 is 11.9 Å². The number of hydrogen-bond donors (Lipinski definition) is 1. The maximum Gasteiger partial charge on any atom is 0.311 e. The lowest BCUT2D eigenvalue weighted by Gasteiger charge is -2.10. The van der Waals surface area contributed by atoms with Gasteiger partial charge in [0.2, 0.25) is 0 Å². The van der Waals surface area contributed by atoms with Crippen LogP contribution in [-0.2, 0) is 9.59 Å². The number of carboxylic acids is 1. The largest absolute Gasteiger partial charge is 0.497 e. The first-order valence-corrected chi connectivity index (χ1v) is 13.1. The Labute approximate surface area is 192 Å². The van der Waals surface area contributed by atoms with Crippen LogP contribution in [0.15, 0.2) is 42.5 Å². The summed E-state index contributed by atoms with van der Waals surface area (Å²) in [4.78, 5) is 27.5. The van der Waals surface area contributed by atoms with Crippen molar-refractivity contribution in [2.24, 2.45) is 0 Å². The number of ether oxygens (including phenoxy) is 2. The first-order valence-electron chi connectivity index (χ1n) is 9.77. The maximum atomic E-state index is 12.4. The summed E-state index contributed by atoms with van der Waals surface area (Å²) >= 11 is 1.54. The molecule has 31 heavy (non-hydrogen) atoms. The van der Waals surface area contributed by atoms with Crippen LogP contribution in [0.3, 0.4) is 0 Å². The highest BCUT2D eigenvalue weighted by atomic mass is 33.1. The van der Waals surface area contributed by atoms with E-state index >= 15 is 0 Å². The van der Waals surface area contributed by atoms with E-state index in [0.29, 0.717) is 30.8 Å². The minimum Gasteiger partial charge on any atom is -0.497 e. The number of thiazole rings is 1. The Morgan fingerprint density at radius 3 is 2.52 bits per heavy atom. The summed E-state index contributed by atoms with van der Waals surface area (Å²) in [5, 5.41) is 9.39. The number of carbonyl (C=O) groups excluding carboxylic acids is 1. The first kappa shape index (κ1) is 23.4. The summed E-state index contributed by atoms with van der Waals surface area (Å²) in [7, 11) is 4.89. The van der Waals surface area contributed by atoms with Gasteiger partial charge in [-0.3, -0.25) is 9.59 Å². The number of methoxy groups -OCH3 is 1. The Balaban J connectivity index is 1.56. The van der Waals surface area contributed by atoms with Gasteiger partial charge in [0.1, 0.15) is 16.5 Å². The van der Waals surface area contributed by atoms with E-state index in [2.05, 4.69) is 4.98 Å². The number of fused-ring (bicyclic) bond motifs is 1. The number of nitrogens with zero attached hydrogens (tertiary/aromatic N) is 1. The summed E-state index contributed by atoms with van der Waals surface area (Å²) in [6, 6.07) is 13.2. The molecule has 0 aliphatic heterocycles. The van der Waals surface area contributed by atoms with Crippen molar-refractivity contribution in [3.63, 3.8) is 0 Å². The fourth-order valence-corrected chi connectivity index (χ4v) is 5.89. The zero-order valence-electron chi connectivity index (χ0n) is 17.0. The summed E-state index contributed by atoms with van der Waals surface area (Å²) in [6.07, 6.45) is 1.86. The van der Waals surface area contributed by atoms with E-state index in [1.54, 1.807) is 52.2 Å². The Morgan fingerprint density at radius 1 is 1.06 bits per heavy atom. The van der Waals surface area contributed by atoms with Crippen LogP contribution in [-0.4, -0.2) is 40.6 Å². The van der Waals surface area contributed by atoms with E-state index in [-0.39, 0.29) is 12.4 Å². The van der Waals surface area contributed by atoms with Crippen LogP contribution in [0.25, 0.3) is 20.8 Å². The normalized spacial score (nSPS) is 10.9. The van der Waals surface area contributed by atoms with Gasteiger partial charge < -0.3 is 14.6 Å². The molecule has 0 aliphatic rings. The van der Waals surface area contributed by atoms with Gasteiger partial charge in [0.25, 0.3) is 0 Å². The molecule has 0 saturated carbocycles. The summed E-state index contributed by atoms with van der Waals surface area (Å²) in [5.41, 5.74) is 1.64. The fourth-order valence-electron chi connectivity index (χ4n) is 2.73. The Kier molecular flexibility index (Phi) is 9.05. The highest BCUT2D eigenvalue weighted by Crippen LogP contribution is 2.38. The smallest absolute Gasteiger partial charge is 0.311 e. The van der Waals surface area contributed by atoms with Gasteiger partial charge in [-0.25, -0.2) is 4.98 Å². The number of rotatable bonds is 12. The lowest BCUT2D eigenvalue weighted by Crippen LogP contribution is -2.08. The van der Waals surface area contributed by atoms with E-state index in [1.165, 1.54) is 0 Å². The second-order valence-corrected chi connectivity index (χ2v) is 10.3. The van der Waals surface area contributed by atoms with Crippen molar-refractivity contribution >= 4 is 55.1 Å². The van der Waals surface area contributed by atoms with Gasteiger partial charge in [0, 0.05) is 24.3 Å². The van der Waals surface area contributed by atoms with Gasteiger partial charge in [-0.2, -0.15) is 0 Å². The SMILES string of the molecule is COc1ccc(OC(=O)CCCSSCCCC(=O)O)c(-c2nc3ccccc3s2)c1. The molecule has 0 atom stereocenters. The van der Waals surface area contributed by atoms with E-state index in [0.717, 1.165) is 32.3 Å². The molecule has 1 heterocycles. The molecule has 6 nitrogen and oxygen atoms in total. The van der Waals surface area contributed by atoms with E-state index in [1.807, 2.05) is 30.3 Å². The lowest BCUT2D eigenvalue weighted by atomic mass is 10.2. The van der Waals surface area contributed by atoms with Crippen LogP contribution in [0.5, 0.6) is 11.5 Å². The number of carboxylic acid groups (broad SMARTS) is 1. The maximum absolute atomic E-state index is 12.4. The average molecular weight is 478 g/mol. The van der Waals surface area contributed by atoms with Crippen molar-refractivity contribution < 1.29 is 24.2 Å². The molecule has 2 aromatic carbocycles. The third-order valence-electron chi connectivity index (χ3n) is 4.25. The molecule has 9 heteroatoms. The van der Waals surface area contributed by atoms with Gasteiger partial charge in [0.05, 0.1) is 22.9 Å². The molecule has 3 aromatic rings.